The first-order valence-corrected chi connectivity index (χ1v) is 11.4. The first-order valence-electron chi connectivity index (χ1n) is 9.71. The highest BCUT2D eigenvalue weighted by atomic mass is 32.1. The number of nitrogens with one attached hydrogen (secondary N) is 1. The first kappa shape index (κ1) is 19.8. The number of rotatable bonds is 8. The van der Waals surface area contributed by atoms with Crippen LogP contribution >= 0.6 is 22.7 Å². The second kappa shape index (κ2) is 8.87. The Morgan fingerprint density at radius 3 is 3.07 bits per heavy atom. The van der Waals surface area contributed by atoms with E-state index in [0.29, 0.717) is 10.8 Å². The fraction of sp³-hybridized carbons (Fsp3) is 0.400. The number of hydrogen-bond acceptors (Lipinski definition) is 8. The molecule has 0 unspecified atom stereocenters. The summed E-state index contributed by atoms with van der Waals surface area (Å²) in [6.45, 7) is 3.83. The molecule has 1 aliphatic heterocycles. The molecule has 0 bridgehead atoms. The molecule has 0 aliphatic carbocycles. The van der Waals surface area contributed by atoms with Gasteiger partial charge in [0.05, 0.1) is 6.61 Å². The van der Waals surface area contributed by atoms with Crippen LogP contribution in [0.15, 0.2) is 23.6 Å². The Labute approximate surface area is 177 Å². The van der Waals surface area contributed by atoms with Gasteiger partial charge in [0, 0.05) is 31.0 Å². The van der Waals surface area contributed by atoms with E-state index < -0.39 is 0 Å². The second-order valence-electron chi connectivity index (χ2n) is 6.93. The minimum Gasteiger partial charge on any atom is -0.493 e. The van der Waals surface area contributed by atoms with Crippen molar-refractivity contribution in [1.29, 1.82) is 0 Å². The molecule has 29 heavy (non-hydrogen) atoms. The molecule has 9 heteroatoms. The lowest BCUT2D eigenvalue weighted by Gasteiger charge is -2.13. The highest BCUT2D eigenvalue weighted by molar-refractivity contribution is 7.19. The molecule has 152 valence electrons. The SMILES string of the molecule is CCCCCN(C)c1nnc(NC(=O)c2csc(-c3ccc4c(c3)CCO4)n2)s1. The third-order valence-electron chi connectivity index (χ3n) is 4.73. The fourth-order valence-electron chi connectivity index (χ4n) is 3.11. The van der Waals surface area contributed by atoms with Crippen LogP contribution in [0.25, 0.3) is 10.6 Å². The van der Waals surface area contributed by atoms with Crippen LogP contribution in [-0.2, 0) is 6.42 Å². The van der Waals surface area contributed by atoms with Crippen LogP contribution in [0.5, 0.6) is 5.75 Å². The minimum atomic E-state index is -0.270. The lowest BCUT2D eigenvalue weighted by Crippen LogP contribution is -2.18. The van der Waals surface area contributed by atoms with E-state index >= 15 is 0 Å². The van der Waals surface area contributed by atoms with Gasteiger partial charge in [0.1, 0.15) is 16.5 Å². The highest BCUT2D eigenvalue weighted by Crippen LogP contribution is 2.32. The molecular weight excluding hydrogens is 406 g/mol. The van der Waals surface area contributed by atoms with Crippen LogP contribution in [0.2, 0.25) is 0 Å². The molecule has 2 aromatic heterocycles. The summed E-state index contributed by atoms with van der Waals surface area (Å²) in [7, 11) is 2.00. The summed E-state index contributed by atoms with van der Waals surface area (Å²) in [4.78, 5) is 19.2. The summed E-state index contributed by atoms with van der Waals surface area (Å²) in [6.07, 6.45) is 4.40. The summed E-state index contributed by atoms with van der Waals surface area (Å²) in [5, 5.41) is 15.0. The molecule has 0 saturated heterocycles. The van der Waals surface area contributed by atoms with Crippen LogP contribution in [0.1, 0.15) is 42.2 Å². The number of fused-ring (bicyclic) bond motifs is 1. The van der Waals surface area contributed by atoms with Crippen molar-refractivity contribution in [1.82, 2.24) is 15.2 Å². The number of carbonyl (C=O) groups excluding carboxylic acids is 1. The zero-order chi connectivity index (χ0) is 20.2. The van der Waals surface area contributed by atoms with Gasteiger partial charge >= 0.3 is 0 Å². The largest absolute Gasteiger partial charge is 0.493 e. The number of carbonyl (C=O) groups is 1. The van der Waals surface area contributed by atoms with E-state index in [1.807, 2.05) is 19.2 Å². The third-order valence-corrected chi connectivity index (χ3v) is 6.58. The molecule has 7 nitrogen and oxygen atoms in total. The van der Waals surface area contributed by atoms with E-state index in [4.69, 9.17) is 4.74 Å². The normalized spacial score (nSPS) is 12.5. The van der Waals surface area contributed by atoms with Crippen molar-refractivity contribution in [2.75, 3.05) is 30.4 Å². The summed E-state index contributed by atoms with van der Waals surface area (Å²) >= 11 is 2.83. The summed E-state index contributed by atoms with van der Waals surface area (Å²) in [5.74, 6) is 0.670. The van der Waals surface area contributed by atoms with E-state index in [-0.39, 0.29) is 5.91 Å². The monoisotopic (exact) mass is 429 g/mol. The molecule has 0 spiro atoms. The zero-order valence-electron chi connectivity index (χ0n) is 16.5. The maximum atomic E-state index is 12.6. The van der Waals surface area contributed by atoms with Gasteiger partial charge in [-0.05, 0) is 30.2 Å². The number of anilines is 2. The smallest absolute Gasteiger partial charge is 0.276 e. The van der Waals surface area contributed by atoms with Gasteiger partial charge in [-0.2, -0.15) is 0 Å². The molecule has 1 aromatic carbocycles. The van der Waals surface area contributed by atoms with E-state index in [1.165, 1.54) is 41.1 Å². The van der Waals surface area contributed by atoms with Crippen molar-refractivity contribution >= 4 is 38.8 Å². The number of aromatic nitrogens is 3. The number of thiazole rings is 1. The Hall–Kier alpha value is -2.52. The lowest BCUT2D eigenvalue weighted by molar-refractivity contribution is 0.102. The van der Waals surface area contributed by atoms with Gasteiger partial charge in [0.25, 0.3) is 5.91 Å². The number of unbranched alkanes of at least 4 members (excludes halogenated alkanes) is 2. The zero-order valence-corrected chi connectivity index (χ0v) is 18.1. The maximum absolute atomic E-state index is 12.6. The van der Waals surface area contributed by atoms with E-state index in [0.717, 1.165) is 47.4 Å². The van der Waals surface area contributed by atoms with Gasteiger partial charge in [0.2, 0.25) is 10.3 Å². The van der Waals surface area contributed by atoms with Gasteiger partial charge in [-0.25, -0.2) is 4.98 Å². The molecule has 3 aromatic rings. The fourth-order valence-corrected chi connectivity index (χ4v) is 4.63. The Morgan fingerprint density at radius 1 is 1.31 bits per heavy atom. The molecule has 3 heterocycles. The Bertz CT molecular complexity index is 1000. The van der Waals surface area contributed by atoms with Gasteiger partial charge in [-0.15, -0.1) is 21.5 Å². The lowest BCUT2D eigenvalue weighted by atomic mass is 10.1. The highest BCUT2D eigenvalue weighted by Gasteiger charge is 2.17. The average Bonchev–Trinajstić information content (AvgIpc) is 3.47. The number of benzene rings is 1. The van der Waals surface area contributed by atoms with Crippen molar-refractivity contribution in [3.8, 4) is 16.3 Å². The molecular formula is C20H23N5O2S2. The predicted molar refractivity (Wildman–Crippen MR) is 117 cm³/mol. The number of amides is 1. The van der Waals surface area contributed by atoms with Crippen LogP contribution in [0, 0.1) is 0 Å². The van der Waals surface area contributed by atoms with Crippen molar-refractivity contribution in [2.45, 2.75) is 32.6 Å². The van der Waals surface area contributed by atoms with Crippen LogP contribution < -0.4 is 15.0 Å². The van der Waals surface area contributed by atoms with Crippen molar-refractivity contribution < 1.29 is 9.53 Å². The van der Waals surface area contributed by atoms with Gasteiger partial charge in [0.15, 0.2) is 0 Å². The third kappa shape index (κ3) is 4.56. The standard InChI is InChI=1S/C20H23N5O2S2/c1-3-4-5-9-25(2)20-24-23-19(29-20)22-17(26)15-12-28-18(21-15)14-6-7-16-13(11-14)8-10-27-16/h6-7,11-12H,3-5,8-10H2,1-2H3,(H,22,23,26). The van der Waals surface area contributed by atoms with Gasteiger partial charge in [-0.1, -0.05) is 31.1 Å². The van der Waals surface area contributed by atoms with Crippen molar-refractivity contribution in [3.63, 3.8) is 0 Å². The molecule has 0 saturated carbocycles. The maximum Gasteiger partial charge on any atom is 0.276 e. The second-order valence-corrected chi connectivity index (χ2v) is 8.75. The summed E-state index contributed by atoms with van der Waals surface area (Å²) < 4.78 is 5.55. The molecule has 1 aliphatic rings. The van der Waals surface area contributed by atoms with E-state index in [9.17, 15) is 4.79 Å². The van der Waals surface area contributed by atoms with Crippen LogP contribution in [0.3, 0.4) is 0 Å². The number of ether oxygens (including phenoxy) is 1. The van der Waals surface area contributed by atoms with E-state index in [1.54, 1.807) is 5.38 Å². The van der Waals surface area contributed by atoms with Crippen LogP contribution in [-0.4, -0.2) is 41.3 Å². The molecule has 0 atom stereocenters. The molecule has 1 amide bonds. The van der Waals surface area contributed by atoms with Gasteiger partial charge in [-0.3, -0.25) is 10.1 Å². The Kier molecular flexibility index (Phi) is 6.05. The van der Waals surface area contributed by atoms with E-state index in [2.05, 4.69) is 38.4 Å². The first-order chi connectivity index (χ1) is 14.1. The Balaban J connectivity index is 1.40. The van der Waals surface area contributed by atoms with Crippen LogP contribution in [0.4, 0.5) is 10.3 Å². The average molecular weight is 430 g/mol. The molecule has 0 fully saturated rings. The molecule has 0 radical (unpaired) electrons. The molecule has 1 N–H and O–H groups in total. The summed E-state index contributed by atoms with van der Waals surface area (Å²) in [6, 6.07) is 6.04. The summed E-state index contributed by atoms with van der Waals surface area (Å²) in [5.41, 5.74) is 2.58. The number of nitrogens with zero attached hydrogens (tertiary/aromatic N) is 4. The Morgan fingerprint density at radius 2 is 2.21 bits per heavy atom. The topological polar surface area (TPSA) is 80.2 Å². The van der Waals surface area contributed by atoms with Gasteiger partial charge < -0.3 is 9.64 Å². The molecule has 4 rings (SSSR count). The quantitative estimate of drug-likeness (QED) is 0.532. The minimum absolute atomic E-state index is 0.270. The van der Waals surface area contributed by atoms with Crippen molar-refractivity contribution in [2.24, 2.45) is 0 Å². The number of hydrogen-bond donors (Lipinski definition) is 1. The van der Waals surface area contributed by atoms with Crippen molar-refractivity contribution in [3.05, 3.63) is 34.8 Å². The predicted octanol–water partition coefficient (Wildman–Crippen LogP) is 4.48.